The van der Waals surface area contributed by atoms with Crippen molar-refractivity contribution in [3.05, 3.63) is 41.2 Å². The molecular formula is C20H29ClN6O. The Balaban J connectivity index is 1.58. The van der Waals surface area contributed by atoms with Gasteiger partial charge in [-0.25, -0.2) is 0 Å². The monoisotopic (exact) mass is 404 g/mol. The van der Waals surface area contributed by atoms with Crippen LogP contribution in [0.2, 0.25) is 5.02 Å². The number of hydrogen-bond acceptors (Lipinski definition) is 4. The topological polar surface area (TPSA) is 66.7 Å². The minimum Gasteiger partial charge on any atom is -0.495 e. The van der Waals surface area contributed by atoms with Gasteiger partial charge in [-0.1, -0.05) is 11.6 Å². The van der Waals surface area contributed by atoms with Gasteiger partial charge in [0.2, 0.25) is 0 Å². The van der Waals surface area contributed by atoms with Crippen LogP contribution in [0.5, 0.6) is 5.75 Å². The van der Waals surface area contributed by atoms with Crippen LogP contribution in [-0.2, 0) is 13.5 Å². The fourth-order valence-electron chi connectivity index (χ4n) is 3.42. The lowest BCUT2D eigenvalue weighted by Crippen LogP contribution is -2.44. The summed E-state index contributed by atoms with van der Waals surface area (Å²) in [6.07, 6.45) is 5.83. The molecule has 0 radical (unpaired) electrons. The molecule has 0 spiro atoms. The van der Waals surface area contributed by atoms with Crippen LogP contribution in [0.25, 0.3) is 0 Å². The number of ether oxygens (including phenoxy) is 1. The lowest BCUT2D eigenvalue weighted by atomic mass is 10.2. The van der Waals surface area contributed by atoms with E-state index in [0.29, 0.717) is 6.04 Å². The van der Waals surface area contributed by atoms with E-state index < -0.39 is 0 Å². The summed E-state index contributed by atoms with van der Waals surface area (Å²) in [6, 6.07) is 6.06. The molecular weight excluding hydrogens is 376 g/mol. The summed E-state index contributed by atoms with van der Waals surface area (Å²) in [5.74, 6) is 1.71. The van der Waals surface area contributed by atoms with E-state index >= 15 is 0 Å². The van der Waals surface area contributed by atoms with Crippen molar-refractivity contribution >= 4 is 23.2 Å². The molecule has 2 N–H and O–H groups in total. The first-order chi connectivity index (χ1) is 13.6. The molecule has 1 aliphatic heterocycles. The average Bonchev–Trinajstić information content (AvgIpc) is 3.31. The predicted molar refractivity (Wildman–Crippen MR) is 115 cm³/mol. The number of guanidine groups is 1. The Morgan fingerprint density at radius 2 is 2.29 bits per heavy atom. The number of aryl methyl sites for hydroxylation is 1. The maximum atomic E-state index is 6.19. The van der Waals surface area contributed by atoms with Crippen LogP contribution < -0.4 is 20.3 Å². The highest BCUT2D eigenvalue weighted by molar-refractivity contribution is 6.30. The van der Waals surface area contributed by atoms with Crippen molar-refractivity contribution in [2.24, 2.45) is 12.0 Å². The van der Waals surface area contributed by atoms with E-state index in [1.54, 1.807) is 7.11 Å². The van der Waals surface area contributed by atoms with Crippen molar-refractivity contribution in [2.45, 2.75) is 25.8 Å². The highest BCUT2D eigenvalue weighted by Crippen LogP contribution is 2.33. The van der Waals surface area contributed by atoms with Gasteiger partial charge in [0.15, 0.2) is 5.96 Å². The minimum atomic E-state index is 0.319. The molecule has 1 fully saturated rings. The SMILES string of the molecule is CCNC(=NCCc1cnn(C)c1)NC1CCN(c2cc(Cl)ccc2OC)C1. The highest BCUT2D eigenvalue weighted by atomic mass is 35.5. The Bertz CT molecular complexity index is 806. The standard InChI is InChI=1S/C20H29ClN6O/c1-4-22-20(23-9-7-15-12-24-26(2)13-15)25-17-8-10-27(14-17)18-11-16(21)5-6-19(18)28-3/h5-6,11-13,17H,4,7-10,14H2,1-3H3,(H2,22,23,25). The van der Waals surface area contributed by atoms with Crippen LogP contribution in [0.3, 0.4) is 0 Å². The Morgan fingerprint density at radius 1 is 1.43 bits per heavy atom. The third kappa shape index (κ3) is 5.32. The molecule has 1 atom stereocenters. The largest absolute Gasteiger partial charge is 0.495 e. The normalized spacial score (nSPS) is 17.1. The molecule has 0 aliphatic carbocycles. The van der Waals surface area contributed by atoms with Gasteiger partial charge in [0.1, 0.15) is 5.75 Å². The van der Waals surface area contributed by atoms with Crippen LogP contribution in [-0.4, -0.2) is 55.1 Å². The number of nitrogens with zero attached hydrogens (tertiary/aromatic N) is 4. The lowest BCUT2D eigenvalue weighted by molar-refractivity contribution is 0.415. The molecule has 1 aromatic carbocycles. The van der Waals surface area contributed by atoms with Crippen molar-refractivity contribution in [1.82, 2.24) is 20.4 Å². The van der Waals surface area contributed by atoms with E-state index in [9.17, 15) is 0 Å². The smallest absolute Gasteiger partial charge is 0.191 e. The zero-order valence-corrected chi connectivity index (χ0v) is 17.5. The van der Waals surface area contributed by atoms with Gasteiger partial charge in [0, 0.05) is 50.5 Å². The van der Waals surface area contributed by atoms with Gasteiger partial charge in [0.25, 0.3) is 0 Å². The summed E-state index contributed by atoms with van der Waals surface area (Å²) in [4.78, 5) is 7.03. The third-order valence-corrected chi connectivity index (χ3v) is 5.02. The second-order valence-electron chi connectivity index (χ2n) is 6.93. The Morgan fingerprint density at radius 3 is 3.00 bits per heavy atom. The maximum Gasteiger partial charge on any atom is 0.191 e. The minimum absolute atomic E-state index is 0.319. The fraction of sp³-hybridized carbons (Fsp3) is 0.500. The number of benzene rings is 1. The van der Waals surface area contributed by atoms with Crippen LogP contribution in [0, 0.1) is 0 Å². The molecule has 1 aromatic heterocycles. The lowest BCUT2D eigenvalue weighted by Gasteiger charge is -2.22. The van der Waals surface area contributed by atoms with Crippen LogP contribution >= 0.6 is 11.6 Å². The summed E-state index contributed by atoms with van der Waals surface area (Å²) in [5, 5.41) is 11.8. The second-order valence-corrected chi connectivity index (χ2v) is 7.36. The molecule has 152 valence electrons. The molecule has 0 bridgehead atoms. The summed E-state index contributed by atoms with van der Waals surface area (Å²) in [5.41, 5.74) is 2.24. The van der Waals surface area contributed by atoms with Crippen LogP contribution in [0.4, 0.5) is 5.69 Å². The molecule has 1 saturated heterocycles. The molecule has 1 unspecified atom stereocenters. The molecule has 2 aromatic rings. The van der Waals surface area contributed by atoms with E-state index in [-0.39, 0.29) is 0 Å². The molecule has 28 heavy (non-hydrogen) atoms. The molecule has 7 nitrogen and oxygen atoms in total. The molecule has 2 heterocycles. The van der Waals surface area contributed by atoms with Gasteiger partial charge < -0.3 is 20.3 Å². The van der Waals surface area contributed by atoms with E-state index in [4.69, 9.17) is 21.3 Å². The quantitative estimate of drug-likeness (QED) is 0.548. The zero-order valence-electron chi connectivity index (χ0n) is 16.8. The van der Waals surface area contributed by atoms with Gasteiger partial charge in [-0.2, -0.15) is 5.10 Å². The number of hydrogen-bond donors (Lipinski definition) is 2. The van der Waals surface area contributed by atoms with Crippen LogP contribution in [0.1, 0.15) is 18.9 Å². The Hall–Kier alpha value is -2.41. The fourth-order valence-corrected chi connectivity index (χ4v) is 3.58. The third-order valence-electron chi connectivity index (χ3n) is 4.78. The van der Waals surface area contributed by atoms with Gasteiger partial charge >= 0.3 is 0 Å². The van der Waals surface area contributed by atoms with Crippen molar-refractivity contribution < 1.29 is 4.74 Å². The van der Waals surface area contributed by atoms with Gasteiger partial charge in [0.05, 0.1) is 19.0 Å². The van der Waals surface area contributed by atoms with Gasteiger partial charge in [-0.15, -0.1) is 0 Å². The second kappa shape index (κ2) is 9.68. The van der Waals surface area contributed by atoms with E-state index in [2.05, 4.69) is 27.6 Å². The number of aliphatic imine (C=N–C) groups is 1. The summed E-state index contributed by atoms with van der Waals surface area (Å²) < 4.78 is 7.32. The molecule has 0 amide bonds. The first-order valence-electron chi connectivity index (χ1n) is 9.70. The number of anilines is 1. The zero-order chi connectivity index (χ0) is 19.9. The highest BCUT2D eigenvalue weighted by Gasteiger charge is 2.25. The van der Waals surface area contributed by atoms with E-state index in [1.165, 1.54) is 5.56 Å². The Kier molecular flexibility index (Phi) is 7.03. The molecule has 1 aliphatic rings. The van der Waals surface area contributed by atoms with E-state index in [1.807, 2.05) is 42.3 Å². The summed E-state index contributed by atoms with van der Waals surface area (Å²) in [7, 11) is 3.62. The van der Waals surface area contributed by atoms with E-state index in [0.717, 1.165) is 61.4 Å². The number of nitrogens with one attached hydrogen (secondary N) is 2. The number of halogens is 1. The van der Waals surface area contributed by atoms with Crippen molar-refractivity contribution in [3.8, 4) is 5.75 Å². The summed E-state index contributed by atoms with van der Waals surface area (Å²) >= 11 is 6.19. The Labute approximate surface area is 171 Å². The molecule has 0 saturated carbocycles. The first kappa shape index (κ1) is 20.3. The van der Waals surface area contributed by atoms with Gasteiger partial charge in [-0.05, 0) is 43.5 Å². The van der Waals surface area contributed by atoms with Crippen LogP contribution in [0.15, 0.2) is 35.6 Å². The average molecular weight is 405 g/mol. The van der Waals surface area contributed by atoms with Crippen molar-refractivity contribution in [2.75, 3.05) is 38.2 Å². The number of rotatable bonds is 7. The molecule has 8 heteroatoms. The predicted octanol–water partition coefficient (Wildman–Crippen LogP) is 2.46. The molecule has 3 rings (SSSR count). The van der Waals surface area contributed by atoms with Crippen molar-refractivity contribution in [1.29, 1.82) is 0 Å². The summed E-state index contributed by atoms with van der Waals surface area (Å²) in [6.45, 7) is 5.46. The first-order valence-corrected chi connectivity index (χ1v) is 10.1. The van der Waals surface area contributed by atoms with Crippen molar-refractivity contribution in [3.63, 3.8) is 0 Å². The number of aromatic nitrogens is 2. The maximum absolute atomic E-state index is 6.19. The number of methoxy groups -OCH3 is 1. The van der Waals surface area contributed by atoms with Gasteiger partial charge in [-0.3, -0.25) is 9.67 Å².